The first kappa shape index (κ1) is 12.1. The van der Waals surface area contributed by atoms with Crippen molar-refractivity contribution < 1.29 is 14.3 Å². The van der Waals surface area contributed by atoms with Gasteiger partial charge in [0.2, 0.25) is 0 Å². The number of halogens is 1. The molecule has 0 fully saturated rings. The molecule has 0 spiro atoms. The minimum atomic E-state index is -0.275. The summed E-state index contributed by atoms with van der Waals surface area (Å²) < 4.78 is 5.24. The molecule has 15 heavy (non-hydrogen) atoms. The average molecular weight is 232 g/mol. The highest BCUT2D eigenvalue weighted by Crippen LogP contribution is 2.16. The van der Waals surface area contributed by atoms with Crippen molar-refractivity contribution in [2.24, 2.45) is 0 Å². The molecule has 0 aromatic carbocycles. The molecule has 1 rings (SSSR count). The van der Waals surface area contributed by atoms with E-state index in [1.807, 2.05) is 0 Å². The highest BCUT2D eigenvalue weighted by atomic mass is 35.5. The molecule has 0 atom stereocenters. The molecular formula is C10H14ClNO3. The largest absolute Gasteiger partial charge is 0.456 e. The number of amides is 1. The number of nitrogens with one attached hydrogen (secondary N) is 1. The smallest absolute Gasteiger partial charge is 0.287 e. The molecule has 4 nitrogen and oxygen atoms in total. The maximum Gasteiger partial charge on any atom is 0.287 e. The van der Waals surface area contributed by atoms with E-state index in [1.54, 1.807) is 13.0 Å². The van der Waals surface area contributed by atoms with E-state index in [0.717, 1.165) is 5.56 Å². The van der Waals surface area contributed by atoms with Crippen molar-refractivity contribution in [3.8, 4) is 0 Å². The highest BCUT2D eigenvalue weighted by molar-refractivity contribution is 6.17. The Morgan fingerprint density at radius 2 is 2.40 bits per heavy atom. The number of carbonyl (C=O) groups is 1. The molecule has 0 aliphatic rings. The number of furan rings is 1. The van der Waals surface area contributed by atoms with Crippen LogP contribution in [-0.4, -0.2) is 24.2 Å². The summed E-state index contributed by atoms with van der Waals surface area (Å²) in [6, 6.07) is 1.64. The van der Waals surface area contributed by atoms with Crippen LogP contribution >= 0.6 is 11.6 Å². The molecule has 1 heterocycles. The first-order valence-corrected chi connectivity index (χ1v) is 5.26. The summed E-state index contributed by atoms with van der Waals surface area (Å²) in [4.78, 5) is 11.5. The Balaban J connectivity index is 2.58. The van der Waals surface area contributed by atoms with E-state index in [-0.39, 0.29) is 18.3 Å². The van der Waals surface area contributed by atoms with Crippen LogP contribution in [0.4, 0.5) is 0 Å². The van der Waals surface area contributed by atoms with Gasteiger partial charge in [-0.15, -0.1) is 11.6 Å². The fourth-order valence-corrected chi connectivity index (χ4v) is 1.40. The van der Waals surface area contributed by atoms with Crippen LogP contribution in [-0.2, 0) is 5.88 Å². The van der Waals surface area contributed by atoms with Crippen molar-refractivity contribution >= 4 is 17.5 Å². The van der Waals surface area contributed by atoms with Crippen molar-refractivity contribution in [3.05, 3.63) is 23.2 Å². The summed E-state index contributed by atoms with van der Waals surface area (Å²) in [5.41, 5.74) is 0.823. The van der Waals surface area contributed by atoms with Gasteiger partial charge in [0.25, 0.3) is 5.91 Å². The second-order valence-corrected chi connectivity index (χ2v) is 3.43. The van der Waals surface area contributed by atoms with E-state index in [1.165, 1.54) is 0 Å². The fraction of sp³-hybridized carbons (Fsp3) is 0.500. The van der Waals surface area contributed by atoms with Crippen molar-refractivity contribution in [2.45, 2.75) is 19.2 Å². The third-order valence-electron chi connectivity index (χ3n) is 2.01. The molecule has 0 aliphatic carbocycles. The Bertz CT molecular complexity index is 335. The standard InChI is InChI=1S/C10H14ClNO3/c1-7-8(6-11)5-9(15-7)10(14)12-3-2-4-13/h5,13H,2-4,6H2,1H3,(H,12,14). The van der Waals surface area contributed by atoms with Gasteiger partial charge in [-0.1, -0.05) is 0 Å². The number of aliphatic hydroxyl groups is 1. The van der Waals surface area contributed by atoms with Gasteiger partial charge in [-0.2, -0.15) is 0 Å². The fourth-order valence-electron chi connectivity index (χ4n) is 1.13. The van der Waals surface area contributed by atoms with Crippen LogP contribution < -0.4 is 5.32 Å². The van der Waals surface area contributed by atoms with Crippen LogP contribution in [0, 0.1) is 6.92 Å². The first-order valence-electron chi connectivity index (χ1n) is 4.73. The summed E-state index contributed by atoms with van der Waals surface area (Å²) in [6.45, 7) is 2.26. The Hall–Kier alpha value is -1.00. The SMILES string of the molecule is Cc1oc(C(=O)NCCCO)cc1CCl. The lowest BCUT2D eigenvalue weighted by Gasteiger charge is -1.99. The lowest BCUT2D eigenvalue weighted by molar-refractivity contribution is 0.0922. The number of hydrogen-bond donors (Lipinski definition) is 2. The molecule has 1 aromatic heterocycles. The Kier molecular flexibility index (Phi) is 4.65. The molecule has 0 saturated carbocycles. The number of alkyl halides is 1. The summed E-state index contributed by atoms with van der Waals surface area (Å²) >= 11 is 5.65. The van der Waals surface area contributed by atoms with Crippen molar-refractivity contribution in [1.29, 1.82) is 0 Å². The quantitative estimate of drug-likeness (QED) is 0.596. The van der Waals surface area contributed by atoms with Gasteiger partial charge in [0.05, 0.1) is 5.88 Å². The summed E-state index contributed by atoms with van der Waals surface area (Å²) in [6.07, 6.45) is 0.536. The summed E-state index contributed by atoms with van der Waals surface area (Å²) in [5.74, 6) is 0.987. The average Bonchev–Trinajstić information content (AvgIpc) is 2.60. The molecule has 2 N–H and O–H groups in total. The molecule has 1 aromatic rings. The second-order valence-electron chi connectivity index (χ2n) is 3.16. The monoisotopic (exact) mass is 231 g/mol. The van der Waals surface area contributed by atoms with Crippen molar-refractivity contribution in [2.75, 3.05) is 13.2 Å². The molecule has 0 saturated heterocycles. The zero-order valence-corrected chi connectivity index (χ0v) is 9.30. The summed E-state index contributed by atoms with van der Waals surface area (Å²) in [5, 5.41) is 11.2. The first-order chi connectivity index (χ1) is 7.19. The van der Waals surface area contributed by atoms with Gasteiger partial charge < -0.3 is 14.8 Å². The molecule has 0 aliphatic heterocycles. The van der Waals surface area contributed by atoms with E-state index in [4.69, 9.17) is 21.1 Å². The second kappa shape index (κ2) is 5.78. The molecule has 0 radical (unpaired) electrons. The van der Waals surface area contributed by atoms with Crippen LogP contribution in [0.3, 0.4) is 0 Å². The minimum Gasteiger partial charge on any atom is -0.456 e. The van der Waals surface area contributed by atoms with E-state index in [9.17, 15) is 4.79 Å². The molecule has 84 valence electrons. The van der Waals surface area contributed by atoms with Crippen LogP contribution in [0.5, 0.6) is 0 Å². The van der Waals surface area contributed by atoms with Crippen LogP contribution in [0.25, 0.3) is 0 Å². The molecule has 0 bridgehead atoms. The molecule has 1 amide bonds. The van der Waals surface area contributed by atoms with Crippen LogP contribution in [0.1, 0.15) is 28.3 Å². The molecular weight excluding hydrogens is 218 g/mol. The Labute approximate surface area is 93.2 Å². The lowest BCUT2D eigenvalue weighted by Crippen LogP contribution is -2.24. The van der Waals surface area contributed by atoms with Crippen LogP contribution in [0.2, 0.25) is 0 Å². The molecule has 5 heteroatoms. The van der Waals surface area contributed by atoms with Gasteiger partial charge in [-0.25, -0.2) is 0 Å². The maximum absolute atomic E-state index is 11.5. The Morgan fingerprint density at radius 3 is 2.93 bits per heavy atom. The van der Waals surface area contributed by atoms with E-state index >= 15 is 0 Å². The van der Waals surface area contributed by atoms with Gasteiger partial charge >= 0.3 is 0 Å². The predicted octanol–water partition coefficient (Wildman–Crippen LogP) is 1.44. The minimum absolute atomic E-state index is 0.0599. The van der Waals surface area contributed by atoms with E-state index < -0.39 is 0 Å². The number of aryl methyl sites for hydroxylation is 1. The number of hydrogen-bond acceptors (Lipinski definition) is 3. The predicted molar refractivity (Wildman–Crippen MR) is 57.0 cm³/mol. The lowest BCUT2D eigenvalue weighted by atomic mass is 10.3. The normalized spacial score (nSPS) is 10.3. The third-order valence-corrected chi connectivity index (χ3v) is 2.30. The zero-order valence-electron chi connectivity index (χ0n) is 8.55. The number of aliphatic hydroxyl groups excluding tert-OH is 1. The van der Waals surface area contributed by atoms with Gasteiger partial charge in [0, 0.05) is 18.7 Å². The van der Waals surface area contributed by atoms with Gasteiger partial charge in [0.15, 0.2) is 5.76 Å². The number of rotatable bonds is 5. The highest BCUT2D eigenvalue weighted by Gasteiger charge is 2.12. The van der Waals surface area contributed by atoms with Crippen LogP contribution in [0.15, 0.2) is 10.5 Å². The Morgan fingerprint density at radius 1 is 1.67 bits per heavy atom. The van der Waals surface area contributed by atoms with Gasteiger partial charge in [-0.05, 0) is 19.4 Å². The van der Waals surface area contributed by atoms with Crippen molar-refractivity contribution in [3.63, 3.8) is 0 Å². The number of carbonyl (C=O) groups excluding carboxylic acids is 1. The zero-order chi connectivity index (χ0) is 11.3. The van der Waals surface area contributed by atoms with Gasteiger partial charge in [-0.3, -0.25) is 4.79 Å². The van der Waals surface area contributed by atoms with E-state index in [2.05, 4.69) is 5.32 Å². The summed E-state index contributed by atoms with van der Waals surface area (Å²) in [7, 11) is 0. The maximum atomic E-state index is 11.5. The van der Waals surface area contributed by atoms with Crippen molar-refractivity contribution in [1.82, 2.24) is 5.32 Å². The molecule has 0 unspecified atom stereocenters. The third kappa shape index (κ3) is 3.25. The van der Waals surface area contributed by atoms with Gasteiger partial charge in [0.1, 0.15) is 5.76 Å². The van der Waals surface area contributed by atoms with E-state index in [0.29, 0.717) is 24.6 Å². The topological polar surface area (TPSA) is 62.5 Å².